The van der Waals surface area contributed by atoms with Crippen LogP contribution >= 0.6 is 7.82 Å². The molecule has 0 heterocycles. The average Bonchev–Trinajstić information content (AvgIpc) is 3.17. The van der Waals surface area contributed by atoms with Crippen LogP contribution in [0.15, 0.2) is 48.6 Å². The van der Waals surface area contributed by atoms with Gasteiger partial charge in [-0.05, 0) is 64.2 Å². The summed E-state index contributed by atoms with van der Waals surface area (Å²) in [6.07, 6.45) is 22.3. The summed E-state index contributed by atoms with van der Waals surface area (Å²) in [5, 5.41) is 74.1. The zero-order chi connectivity index (χ0) is 41.6. The maximum Gasteiger partial charge on any atom is 0.472 e. The van der Waals surface area contributed by atoms with E-state index >= 15 is 0 Å². The lowest BCUT2D eigenvalue weighted by molar-refractivity contribution is -0.220. The molecule has 14 heteroatoms. The Morgan fingerprint density at radius 2 is 1.07 bits per heavy atom. The van der Waals surface area contributed by atoms with E-state index in [-0.39, 0.29) is 6.42 Å². The summed E-state index contributed by atoms with van der Waals surface area (Å²) in [6.45, 7) is 3.63. The van der Waals surface area contributed by atoms with E-state index in [4.69, 9.17) is 9.05 Å². The molecule has 0 saturated heterocycles. The molecule has 1 aliphatic carbocycles. The third-order valence-corrected chi connectivity index (χ3v) is 10.8. The first-order chi connectivity index (χ1) is 26.8. The molecule has 0 aromatic carbocycles. The van der Waals surface area contributed by atoms with Gasteiger partial charge in [0.2, 0.25) is 5.91 Å². The molecular weight excluding hydrogens is 741 g/mol. The molecule has 1 aliphatic rings. The molecule has 13 nitrogen and oxygen atoms in total. The van der Waals surface area contributed by atoms with Crippen molar-refractivity contribution in [3.8, 4) is 0 Å². The van der Waals surface area contributed by atoms with Crippen molar-refractivity contribution in [3.63, 3.8) is 0 Å². The Bertz CT molecular complexity index is 1150. The molecule has 326 valence electrons. The molecule has 0 aliphatic heterocycles. The van der Waals surface area contributed by atoms with Crippen LogP contribution in [0.1, 0.15) is 149 Å². The highest BCUT2D eigenvalue weighted by atomic mass is 31.2. The number of hydrogen-bond donors (Lipinski definition) is 9. The molecule has 1 fully saturated rings. The lowest BCUT2D eigenvalue weighted by Crippen LogP contribution is -2.64. The highest BCUT2D eigenvalue weighted by molar-refractivity contribution is 7.47. The summed E-state index contributed by atoms with van der Waals surface area (Å²) in [7, 11) is -5.15. The number of rotatable bonds is 33. The second-order valence-electron chi connectivity index (χ2n) is 15.0. The molecule has 9 N–H and O–H groups in total. The fourth-order valence-electron chi connectivity index (χ4n) is 6.31. The van der Waals surface area contributed by atoms with Gasteiger partial charge in [-0.3, -0.25) is 13.8 Å². The molecular formula is C42H76NO12P. The monoisotopic (exact) mass is 818 g/mol. The molecule has 1 saturated carbocycles. The molecule has 1 rings (SSSR count). The van der Waals surface area contributed by atoms with Gasteiger partial charge in [0.15, 0.2) is 0 Å². The third kappa shape index (κ3) is 24.2. The van der Waals surface area contributed by atoms with Crippen LogP contribution in [-0.2, 0) is 18.4 Å². The number of nitrogens with one attached hydrogen (secondary N) is 1. The summed E-state index contributed by atoms with van der Waals surface area (Å²) in [4.78, 5) is 23.3. The third-order valence-electron chi connectivity index (χ3n) is 9.86. The largest absolute Gasteiger partial charge is 0.472 e. The van der Waals surface area contributed by atoms with Crippen molar-refractivity contribution in [2.45, 2.75) is 204 Å². The van der Waals surface area contributed by atoms with Crippen LogP contribution in [0.5, 0.6) is 0 Å². The standard InChI is InChI=1S/C42H76NO12P/c1-3-5-7-9-11-13-14-15-16-17-18-19-20-22-24-26-28-30-35(45)34(43-36(46)31-33(44)29-27-25-23-21-12-10-8-6-4-2)32-54-56(52,53)55-42-40(50)38(48)37(47)39(49)41(42)51/h10,12,16-17,20,22,28,30,33-35,37-42,44-45,47-51H,3-9,11,13-15,18-19,21,23-27,29,31-32H2,1-2H3,(H,43,46)(H,52,53)/b12-10-,17-16+,22-20+,30-28+. The van der Waals surface area contributed by atoms with Gasteiger partial charge in [0.05, 0.1) is 31.3 Å². The van der Waals surface area contributed by atoms with Gasteiger partial charge in [-0.15, -0.1) is 0 Å². The van der Waals surface area contributed by atoms with Gasteiger partial charge in [-0.1, -0.05) is 127 Å². The molecule has 0 bridgehead atoms. The number of unbranched alkanes of at least 4 members (excludes halogenated alkanes) is 14. The van der Waals surface area contributed by atoms with Crippen molar-refractivity contribution >= 4 is 13.7 Å². The minimum absolute atomic E-state index is 0.269. The Balaban J connectivity index is 2.66. The lowest BCUT2D eigenvalue weighted by atomic mass is 9.85. The summed E-state index contributed by atoms with van der Waals surface area (Å²) >= 11 is 0. The second-order valence-corrected chi connectivity index (χ2v) is 16.4. The van der Waals surface area contributed by atoms with Gasteiger partial charge in [0.25, 0.3) is 0 Å². The number of phosphoric acid groups is 1. The van der Waals surface area contributed by atoms with Crippen LogP contribution in [0.25, 0.3) is 0 Å². The Hall–Kier alpha value is -1.74. The number of allylic oxidation sites excluding steroid dienone is 7. The zero-order valence-corrected chi connectivity index (χ0v) is 34.9. The van der Waals surface area contributed by atoms with Crippen LogP contribution in [0.4, 0.5) is 0 Å². The fourth-order valence-corrected chi connectivity index (χ4v) is 7.28. The fraction of sp³-hybridized carbons (Fsp3) is 0.786. The Labute approximate surface area is 336 Å². The zero-order valence-electron chi connectivity index (χ0n) is 34.0. The van der Waals surface area contributed by atoms with E-state index < -0.39 is 75.2 Å². The smallest absolute Gasteiger partial charge is 0.393 e. The Morgan fingerprint density at radius 3 is 1.62 bits per heavy atom. The van der Waals surface area contributed by atoms with E-state index in [1.165, 1.54) is 57.4 Å². The second kappa shape index (κ2) is 32.2. The van der Waals surface area contributed by atoms with E-state index in [0.29, 0.717) is 19.3 Å². The van der Waals surface area contributed by atoms with Gasteiger partial charge < -0.3 is 46.0 Å². The van der Waals surface area contributed by atoms with Crippen molar-refractivity contribution in [1.29, 1.82) is 0 Å². The van der Waals surface area contributed by atoms with Crippen LogP contribution < -0.4 is 5.32 Å². The van der Waals surface area contributed by atoms with Crippen LogP contribution in [0.2, 0.25) is 0 Å². The van der Waals surface area contributed by atoms with E-state index in [2.05, 4.69) is 55.6 Å². The summed E-state index contributed by atoms with van der Waals surface area (Å²) < 4.78 is 22.7. The van der Waals surface area contributed by atoms with Gasteiger partial charge in [-0.25, -0.2) is 4.57 Å². The molecule has 1 amide bonds. The minimum Gasteiger partial charge on any atom is -0.393 e. The molecule has 56 heavy (non-hydrogen) atoms. The normalized spacial score (nSPS) is 24.7. The van der Waals surface area contributed by atoms with E-state index in [9.17, 15) is 50.0 Å². The van der Waals surface area contributed by atoms with Crippen LogP contribution in [0.3, 0.4) is 0 Å². The number of carbonyl (C=O) groups is 1. The van der Waals surface area contributed by atoms with Crippen molar-refractivity contribution in [2.24, 2.45) is 0 Å². The average molecular weight is 818 g/mol. The maximum atomic E-state index is 12.9. The number of amides is 1. The Morgan fingerprint density at radius 1 is 0.625 bits per heavy atom. The van der Waals surface area contributed by atoms with E-state index in [1.54, 1.807) is 6.08 Å². The molecule has 0 aromatic heterocycles. The number of aliphatic hydroxyl groups excluding tert-OH is 7. The lowest BCUT2D eigenvalue weighted by Gasteiger charge is -2.41. The van der Waals surface area contributed by atoms with Crippen LogP contribution in [-0.4, -0.2) is 108 Å². The van der Waals surface area contributed by atoms with Gasteiger partial charge in [0, 0.05) is 0 Å². The van der Waals surface area contributed by atoms with Crippen molar-refractivity contribution in [1.82, 2.24) is 5.32 Å². The predicted molar refractivity (Wildman–Crippen MR) is 219 cm³/mol. The maximum absolute atomic E-state index is 12.9. The quantitative estimate of drug-likeness (QED) is 0.0212. The molecule has 0 radical (unpaired) electrons. The topological polar surface area (TPSA) is 226 Å². The SMILES string of the molecule is CCCC/C=C\CCCCCC(O)CC(=O)NC(COP(=O)(O)OC1C(O)C(O)C(O)C(O)C1O)C(O)/C=C/CC/C=C/CC/C=C/CCCCCCCCC. The van der Waals surface area contributed by atoms with Crippen molar-refractivity contribution in [2.75, 3.05) is 6.61 Å². The van der Waals surface area contributed by atoms with E-state index in [0.717, 1.165) is 57.8 Å². The van der Waals surface area contributed by atoms with Crippen molar-refractivity contribution in [3.05, 3.63) is 48.6 Å². The Kier molecular flexibility index (Phi) is 30.0. The molecule has 8 unspecified atom stereocenters. The predicted octanol–water partition coefficient (Wildman–Crippen LogP) is 5.97. The first-order valence-electron chi connectivity index (χ1n) is 21.2. The highest BCUT2D eigenvalue weighted by Crippen LogP contribution is 2.47. The number of carbonyl (C=O) groups excluding carboxylic acids is 1. The molecule has 0 aromatic rings. The minimum atomic E-state index is -5.15. The summed E-state index contributed by atoms with van der Waals surface area (Å²) in [5.74, 6) is -0.621. The van der Waals surface area contributed by atoms with Gasteiger partial charge >= 0.3 is 7.82 Å². The number of hydrogen-bond acceptors (Lipinski definition) is 11. The number of phosphoric ester groups is 1. The highest BCUT2D eigenvalue weighted by Gasteiger charge is 2.51. The van der Waals surface area contributed by atoms with Gasteiger partial charge in [-0.2, -0.15) is 0 Å². The molecule has 0 spiro atoms. The first-order valence-corrected chi connectivity index (χ1v) is 22.7. The summed E-state index contributed by atoms with van der Waals surface area (Å²) in [6, 6.07) is -1.27. The molecule has 8 atom stereocenters. The summed E-state index contributed by atoms with van der Waals surface area (Å²) in [5.41, 5.74) is 0. The van der Waals surface area contributed by atoms with Crippen LogP contribution in [0, 0.1) is 0 Å². The number of aliphatic hydroxyl groups is 7. The van der Waals surface area contributed by atoms with Gasteiger partial charge in [0.1, 0.15) is 36.6 Å². The van der Waals surface area contributed by atoms with Crippen molar-refractivity contribution < 1.29 is 59.0 Å². The van der Waals surface area contributed by atoms with E-state index in [1.807, 2.05) is 0 Å². The first kappa shape index (κ1) is 52.3.